The van der Waals surface area contributed by atoms with E-state index in [9.17, 15) is 4.79 Å². The van der Waals surface area contributed by atoms with Crippen LogP contribution in [0, 0.1) is 5.92 Å². The number of rotatable bonds is 6. The highest BCUT2D eigenvalue weighted by Gasteiger charge is 2.29. The maximum atomic E-state index is 12.0. The van der Waals surface area contributed by atoms with Crippen molar-refractivity contribution in [3.63, 3.8) is 0 Å². The van der Waals surface area contributed by atoms with Gasteiger partial charge in [-0.1, -0.05) is 0 Å². The van der Waals surface area contributed by atoms with Gasteiger partial charge in [0.05, 0.1) is 5.69 Å². The summed E-state index contributed by atoms with van der Waals surface area (Å²) in [5.74, 6) is 0.561. The number of hydrogen-bond acceptors (Lipinski definition) is 4. The molecule has 1 fully saturated rings. The van der Waals surface area contributed by atoms with E-state index in [1.54, 1.807) is 0 Å². The number of hydrogen-bond donors (Lipinski definition) is 1. The highest BCUT2D eigenvalue weighted by atomic mass is 16.6. The number of nitrogens with zero attached hydrogens (tertiary/aromatic N) is 3. The Morgan fingerprint density at radius 1 is 1.48 bits per heavy atom. The Labute approximate surface area is 139 Å². The smallest absolute Gasteiger partial charge is 0.410 e. The van der Waals surface area contributed by atoms with Gasteiger partial charge >= 0.3 is 6.09 Å². The van der Waals surface area contributed by atoms with E-state index in [2.05, 4.69) is 23.4 Å². The topological polar surface area (TPSA) is 59.4 Å². The zero-order valence-corrected chi connectivity index (χ0v) is 14.8. The number of aryl methyl sites for hydroxylation is 1. The van der Waals surface area contributed by atoms with Gasteiger partial charge in [0.15, 0.2) is 0 Å². The molecule has 1 atom stereocenters. The lowest BCUT2D eigenvalue weighted by Gasteiger charge is -2.24. The van der Waals surface area contributed by atoms with E-state index in [1.165, 1.54) is 5.69 Å². The first kappa shape index (κ1) is 17.8. The van der Waals surface area contributed by atoms with Crippen LogP contribution in [-0.4, -0.2) is 46.0 Å². The predicted molar refractivity (Wildman–Crippen MR) is 90.1 cm³/mol. The van der Waals surface area contributed by atoms with Crippen LogP contribution in [0.2, 0.25) is 0 Å². The highest BCUT2D eigenvalue weighted by molar-refractivity contribution is 5.68. The molecule has 1 aromatic heterocycles. The van der Waals surface area contributed by atoms with E-state index in [-0.39, 0.29) is 6.09 Å². The van der Waals surface area contributed by atoms with Crippen molar-refractivity contribution in [2.45, 2.75) is 59.2 Å². The molecule has 0 saturated carbocycles. The lowest BCUT2D eigenvalue weighted by atomic mass is 10.1. The zero-order chi connectivity index (χ0) is 16.9. The Hall–Kier alpha value is -1.56. The van der Waals surface area contributed by atoms with Crippen LogP contribution < -0.4 is 5.32 Å². The van der Waals surface area contributed by atoms with Crippen molar-refractivity contribution in [1.82, 2.24) is 20.0 Å². The van der Waals surface area contributed by atoms with Crippen LogP contribution in [0.15, 0.2) is 12.3 Å². The molecule has 23 heavy (non-hydrogen) atoms. The molecule has 1 aliphatic rings. The minimum atomic E-state index is -0.418. The summed E-state index contributed by atoms with van der Waals surface area (Å²) in [7, 11) is 0. The predicted octanol–water partition coefficient (Wildman–Crippen LogP) is 2.64. The zero-order valence-electron chi connectivity index (χ0n) is 14.8. The van der Waals surface area contributed by atoms with Crippen LogP contribution in [0.25, 0.3) is 0 Å². The van der Waals surface area contributed by atoms with Gasteiger partial charge < -0.3 is 15.0 Å². The lowest BCUT2D eigenvalue weighted by molar-refractivity contribution is 0.0287. The van der Waals surface area contributed by atoms with Crippen molar-refractivity contribution in [3.8, 4) is 0 Å². The van der Waals surface area contributed by atoms with Crippen LogP contribution in [0.5, 0.6) is 0 Å². The van der Waals surface area contributed by atoms with E-state index in [0.717, 1.165) is 45.6 Å². The van der Waals surface area contributed by atoms with Crippen molar-refractivity contribution in [2.24, 2.45) is 5.92 Å². The van der Waals surface area contributed by atoms with Crippen LogP contribution in [-0.2, 0) is 17.8 Å². The number of ether oxygens (including phenoxy) is 1. The minimum Gasteiger partial charge on any atom is -0.444 e. The average Bonchev–Trinajstić information content (AvgIpc) is 3.10. The number of carbonyl (C=O) groups excluding carboxylic acids is 1. The van der Waals surface area contributed by atoms with Crippen LogP contribution in [0.1, 0.15) is 46.2 Å². The summed E-state index contributed by atoms with van der Waals surface area (Å²) in [5.41, 5.74) is 0.799. The van der Waals surface area contributed by atoms with Crippen molar-refractivity contribution in [2.75, 3.05) is 19.6 Å². The van der Waals surface area contributed by atoms with E-state index in [4.69, 9.17) is 4.74 Å². The van der Waals surface area contributed by atoms with E-state index in [0.29, 0.717) is 5.92 Å². The third-order valence-corrected chi connectivity index (χ3v) is 4.08. The molecule has 6 nitrogen and oxygen atoms in total. The van der Waals surface area contributed by atoms with E-state index >= 15 is 0 Å². The van der Waals surface area contributed by atoms with Crippen molar-refractivity contribution >= 4 is 6.09 Å². The maximum Gasteiger partial charge on any atom is 0.410 e. The van der Waals surface area contributed by atoms with Gasteiger partial charge in [0.1, 0.15) is 5.60 Å². The fourth-order valence-electron chi connectivity index (χ4n) is 2.88. The number of carbonyl (C=O) groups is 1. The van der Waals surface area contributed by atoms with Crippen LogP contribution in [0.4, 0.5) is 4.79 Å². The van der Waals surface area contributed by atoms with E-state index < -0.39 is 5.60 Å². The monoisotopic (exact) mass is 322 g/mol. The SMILES string of the molecule is CCn1nccc1CNCCC1CCN(C(=O)OC(C)(C)C)C1. The van der Waals surface area contributed by atoms with Gasteiger partial charge in [0.25, 0.3) is 0 Å². The van der Waals surface area contributed by atoms with Crippen molar-refractivity contribution in [1.29, 1.82) is 0 Å². The Balaban J connectivity index is 1.65. The molecule has 0 radical (unpaired) electrons. The fraction of sp³-hybridized carbons (Fsp3) is 0.765. The number of aromatic nitrogens is 2. The van der Waals surface area contributed by atoms with Crippen LogP contribution >= 0.6 is 0 Å². The summed E-state index contributed by atoms with van der Waals surface area (Å²) in [6, 6.07) is 2.05. The molecule has 0 aliphatic carbocycles. The van der Waals surface area contributed by atoms with Gasteiger partial charge in [-0.15, -0.1) is 0 Å². The van der Waals surface area contributed by atoms with E-state index in [1.807, 2.05) is 36.5 Å². The lowest BCUT2D eigenvalue weighted by Crippen LogP contribution is -2.35. The second-order valence-electron chi connectivity index (χ2n) is 7.18. The summed E-state index contributed by atoms with van der Waals surface area (Å²) >= 11 is 0. The third kappa shape index (κ3) is 5.53. The fourth-order valence-corrected chi connectivity index (χ4v) is 2.88. The first-order valence-corrected chi connectivity index (χ1v) is 8.58. The number of amides is 1. The highest BCUT2D eigenvalue weighted by Crippen LogP contribution is 2.21. The summed E-state index contributed by atoms with van der Waals surface area (Å²) in [4.78, 5) is 13.9. The molecule has 1 saturated heterocycles. The van der Waals surface area contributed by atoms with Gasteiger partial charge in [-0.2, -0.15) is 5.10 Å². The van der Waals surface area contributed by atoms with Gasteiger partial charge in [0, 0.05) is 32.4 Å². The summed E-state index contributed by atoms with van der Waals surface area (Å²) in [6.07, 6.45) is 3.81. The molecule has 1 aromatic rings. The third-order valence-electron chi connectivity index (χ3n) is 4.08. The van der Waals surface area contributed by atoms with Gasteiger partial charge in [0.2, 0.25) is 0 Å². The molecule has 1 unspecified atom stereocenters. The second-order valence-corrected chi connectivity index (χ2v) is 7.18. The van der Waals surface area contributed by atoms with Gasteiger partial charge in [-0.05, 0) is 59.1 Å². The summed E-state index contributed by atoms with van der Waals surface area (Å²) in [5, 5.41) is 7.74. The second kappa shape index (κ2) is 7.81. The quantitative estimate of drug-likeness (QED) is 0.818. The molecule has 2 rings (SSSR count). The molecule has 0 bridgehead atoms. The van der Waals surface area contributed by atoms with Crippen LogP contribution in [0.3, 0.4) is 0 Å². The minimum absolute atomic E-state index is 0.181. The molecule has 6 heteroatoms. The molecule has 0 aromatic carbocycles. The molecule has 130 valence electrons. The number of likely N-dealkylation sites (tertiary alicyclic amines) is 1. The standard InChI is InChI=1S/C17H30N4O2/c1-5-21-15(7-10-19-21)12-18-9-6-14-8-11-20(13-14)16(22)23-17(2,3)4/h7,10,14,18H,5-6,8-9,11-13H2,1-4H3. The normalized spacial score (nSPS) is 18.4. The molecule has 1 N–H and O–H groups in total. The number of nitrogens with one attached hydrogen (secondary N) is 1. The molecule has 1 aliphatic heterocycles. The molecule has 2 heterocycles. The Kier molecular flexibility index (Phi) is 6.04. The molecule has 0 spiro atoms. The first-order valence-electron chi connectivity index (χ1n) is 8.58. The Morgan fingerprint density at radius 2 is 2.26 bits per heavy atom. The molecular weight excluding hydrogens is 292 g/mol. The largest absolute Gasteiger partial charge is 0.444 e. The maximum absolute atomic E-state index is 12.0. The Bertz CT molecular complexity index is 507. The first-order chi connectivity index (χ1) is 10.9. The molecular formula is C17H30N4O2. The van der Waals surface area contributed by atoms with Crippen molar-refractivity contribution < 1.29 is 9.53 Å². The molecule has 1 amide bonds. The van der Waals surface area contributed by atoms with Gasteiger partial charge in [-0.25, -0.2) is 4.79 Å². The summed E-state index contributed by atoms with van der Waals surface area (Å²) in [6.45, 7) is 12.1. The average molecular weight is 322 g/mol. The van der Waals surface area contributed by atoms with Crippen molar-refractivity contribution in [3.05, 3.63) is 18.0 Å². The summed E-state index contributed by atoms with van der Waals surface area (Å²) < 4.78 is 7.44. The van der Waals surface area contributed by atoms with Gasteiger partial charge in [-0.3, -0.25) is 4.68 Å². The Morgan fingerprint density at radius 3 is 2.96 bits per heavy atom.